The van der Waals surface area contributed by atoms with Crippen LogP contribution in [0.3, 0.4) is 0 Å². The van der Waals surface area contributed by atoms with E-state index in [4.69, 9.17) is 9.72 Å². The number of aryl methyl sites for hydroxylation is 1. The maximum atomic E-state index is 6.67. The first-order valence-corrected chi connectivity index (χ1v) is 21.3. The van der Waals surface area contributed by atoms with E-state index in [0.29, 0.717) is 11.5 Å². The summed E-state index contributed by atoms with van der Waals surface area (Å²) in [7, 11) is 0. The molecule has 0 bridgehead atoms. The first kappa shape index (κ1) is 39.7. The monoisotopic (exact) mass is 984 g/mol. The van der Waals surface area contributed by atoms with E-state index >= 15 is 0 Å². The second kappa shape index (κ2) is 16.1. The number of anilines is 4. The Morgan fingerprint density at radius 2 is 1.32 bits per heavy atom. The molecule has 2 aliphatic rings. The number of hydrogen-bond acceptors (Lipinski definition) is 4. The number of rotatable bonds is 7. The van der Waals surface area contributed by atoms with Crippen LogP contribution in [-0.2, 0) is 39.3 Å². The van der Waals surface area contributed by atoms with Crippen molar-refractivity contribution in [3.05, 3.63) is 199 Å². The molecule has 9 aromatic rings. The maximum absolute atomic E-state index is 6.67. The summed E-state index contributed by atoms with van der Waals surface area (Å²) in [6, 6.07) is 63.3. The number of pyridine rings is 1. The van der Waals surface area contributed by atoms with Gasteiger partial charge in [0, 0.05) is 72.5 Å². The van der Waals surface area contributed by atoms with E-state index in [2.05, 4.69) is 193 Å². The van der Waals surface area contributed by atoms with E-state index in [1.807, 2.05) is 24.4 Å². The van der Waals surface area contributed by atoms with Gasteiger partial charge >= 0.3 is 0 Å². The summed E-state index contributed by atoms with van der Waals surface area (Å²) < 4.78 is 8.87. The van der Waals surface area contributed by atoms with Crippen LogP contribution in [0.2, 0.25) is 0 Å². The van der Waals surface area contributed by atoms with E-state index < -0.39 is 0 Å². The van der Waals surface area contributed by atoms with Gasteiger partial charge in [0.25, 0.3) is 0 Å². The maximum Gasteiger partial charge on any atom is 0.135 e. The van der Waals surface area contributed by atoms with Crippen molar-refractivity contribution in [2.24, 2.45) is 0 Å². The number of hydrogen-bond donors (Lipinski definition) is 0. The summed E-state index contributed by atoms with van der Waals surface area (Å²) in [4.78, 5) is 9.50. The smallest absolute Gasteiger partial charge is 0.135 e. The third-order valence-electron chi connectivity index (χ3n) is 12.3. The summed E-state index contributed by atoms with van der Waals surface area (Å²) >= 11 is 0. The van der Waals surface area contributed by atoms with Gasteiger partial charge in [-0.2, -0.15) is 12.1 Å². The van der Waals surface area contributed by atoms with Crippen LogP contribution in [0.25, 0.3) is 49.9 Å². The van der Waals surface area contributed by atoms with Crippen LogP contribution in [-0.4, -0.2) is 9.55 Å². The van der Waals surface area contributed by atoms with Gasteiger partial charge in [0.1, 0.15) is 5.82 Å². The number of ether oxygens (including phenoxy) is 1. The van der Waals surface area contributed by atoms with Gasteiger partial charge in [0.15, 0.2) is 0 Å². The van der Waals surface area contributed by atoms with Crippen molar-refractivity contribution in [2.45, 2.75) is 51.9 Å². The number of nitrogens with zero attached hydrogens (tertiary/aromatic N) is 4. The van der Waals surface area contributed by atoms with Crippen LogP contribution in [0, 0.1) is 18.8 Å². The van der Waals surface area contributed by atoms with Crippen LogP contribution in [0.1, 0.15) is 50.3 Å². The first-order chi connectivity index (χ1) is 29.9. The predicted octanol–water partition coefficient (Wildman–Crippen LogP) is 14.5. The minimum absolute atomic E-state index is 0. The van der Waals surface area contributed by atoms with Gasteiger partial charge in [-0.1, -0.05) is 117 Å². The number of para-hydroxylation sites is 3. The van der Waals surface area contributed by atoms with Gasteiger partial charge in [0.2, 0.25) is 0 Å². The molecule has 0 amide bonds. The molecule has 0 saturated carbocycles. The van der Waals surface area contributed by atoms with E-state index in [1.165, 1.54) is 57.5 Å². The molecule has 7 aromatic carbocycles. The minimum atomic E-state index is -0.0193. The van der Waals surface area contributed by atoms with Crippen LogP contribution in [0.5, 0.6) is 11.5 Å². The molecule has 11 rings (SSSR count). The van der Waals surface area contributed by atoms with Crippen molar-refractivity contribution in [2.75, 3.05) is 9.80 Å². The van der Waals surface area contributed by atoms with Crippen LogP contribution in [0.15, 0.2) is 164 Å². The van der Waals surface area contributed by atoms with Crippen LogP contribution < -0.4 is 14.5 Å². The van der Waals surface area contributed by atoms with E-state index in [1.54, 1.807) is 0 Å². The molecule has 0 saturated heterocycles. The Morgan fingerprint density at radius 1 is 0.629 bits per heavy atom. The molecule has 0 spiro atoms. The second-order valence-corrected chi connectivity index (χ2v) is 17.2. The van der Waals surface area contributed by atoms with Gasteiger partial charge < -0.3 is 19.1 Å². The molecule has 5 nitrogen and oxygen atoms in total. The third-order valence-corrected chi connectivity index (χ3v) is 12.3. The Hall–Kier alpha value is -6.42. The zero-order valence-corrected chi connectivity index (χ0v) is 37.3. The molecule has 0 fully saturated rings. The Bertz CT molecular complexity index is 3100. The molecule has 308 valence electrons. The summed E-state index contributed by atoms with van der Waals surface area (Å²) in [5.74, 6) is 2.08. The molecular weight excluding hydrogens is 940 g/mol. The topological polar surface area (TPSA) is 33.5 Å². The fourth-order valence-corrected chi connectivity index (χ4v) is 9.31. The van der Waals surface area contributed by atoms with Crippen molar-refractivity contribution in [1.82, 2.24) is 9.55 Å². The number of aromatic nitrogens is 2. The minimum Gasteiger partial charge on any atom is -0.509 e. The molecule has 1 aliphatic carbocycles. The molecule has 1 aliphatic heterocycles. The molecule has 62 heavy (non-hydrogen) atoms. The Labute approximate surface area is 378 Å². The Balaban J connectivity index is 0.00000458. The van der Waals surface area contributed by atoms with Crippen LogP contribution >= 0.6 is 0 Å². The molecular formula is C56H45N4OPt-3. The molecule has 0 N–H and O–H groups in total. The Morgan fingerprint density at radius 3 is 2.11 bits per heavy atom. The first-order valence-electron chi connectivity index (χ1n) is 21.3. The molecule has 3 heterocycles. The molecule has 6 heteroatoms. The van der Waals surface area contributed by atoms with Crippen molar-refractivity contribution < 1.29 is 25.8 Å². The van der Waals surface area contributed by atoms with E-state index in [0.717, 1.165) is 57.5 Å². The van der Waals surface area contributed by atoms with Gasteiger partial charge in [0.05, 0.1) is 0 Å². The Kier molecular flexibility index (Phi) is 10.3. The van der Waals surface area contributed by atoms with E-state index in [9.17, 15) is 0 Å². The largest absolute Gasteiger partial charge is 0.509 e. The summed E-state index contributed by atoms with van der Waals surface area (Å²) in [5.41, 5.74) is 15.4. The van der Waals surface area contributed by atoms with Gasteiger partial charge in [-0.15, -0.1) is 48.1 Å². The zero-order chi connectivity index (χ0) is 41.1. The van der Waals surface area contributed by atoms with Crippen LogP contribution in [0.4, 0.5) is 22.7 Å². The summed E-state index contributed by atoms with van der Waals surface area (Å²) in [5, 5.41) is 2.24. The normalized spacial score (nSPS) is 13.5. The quantitative estimate of drug-likeness (QED) is 0.149. The molecule has 2 aromatic heterocycles. The average molecular weight is 985 g/mol. The van der Waals surface area contributed by atoms with E-state index in [-0.39, 0.29) is 26.5 Å². The van der Waals surface area contributed by atoms with Gasteiger partial charge in [-0.05, 0) is 101 Å². The van der Waals surface area contributed by atoms with Crippen molar-refractivity contribution in [1.29, 1.82) is 0 Å². The van der Waals surface area contributed by atoms with Crippen molar-refractivity contribution in [3.8, 4) is 39.6 Å². The third kappa shape index (κ3) is 6.99. The SMILES string of the molecule is CC(C)(C)c1ccnc(-n2c3[c-]c(Oc4[c-]c(N5[CH-]N(c6c(-c7ccccc7)cc7c(c6-c6ccccc6)CCCC7)c6ccccc65)ccc4)ccc3c3ccccc32)c1.[Pt]. The molecule has 0 unspecified atom stereocenters. The number of fused-ring (bicyclic) bond motifs is 5. The molecule has 0 atom stereocenters. The fourth-order valence-electron chi connectivity index (χ4n) is 9.31. The van der Waals surface area contributed by atoms with Gasteiger partial charge in [-0.3, -0.25) is 0 Å². The predicted molar refractivity (Wildman–Crippen MR) is 250 cm³/mol. The number of benzene rings is 7. The van der Waals surface area contributed by atoms with Crippen molar-refractivity contribution in [3.63, 3.8) is 0 Å². The zero-order valence-electron chi connectivity index (χ0n) is 35.0. The fraction of sp³-hybridized carbons (Fsp3) is 0.143. The average Bonchev–Trinajstić information content (AvgIpc) is 3.85. The van der Waals surface area contributed by atoms with Crippen molar-refractivity contribution >= 4 is 44.6 Å². The summed E-state index contributed by atoms with van der Waals surface area (Å²) in [6.45, 7) is 8.93. The molecule has 0 radical (unpaired) electrons. The van der Waals surface area contributed by atoms with Gasteiger partial charge in [-0.25, -0.2) is 4.98 Å². The second-order valence-electron chi connectivity index (χ2n) is 17.2. The standard InChI is InChI=1S/C56H45N4O.Pt/c1-56(2,3)41-31-32-57-53(34-41)60-49-26-13-12-25-46(49)47-30-29-44(36-52(47)60)61-43-23-16-22-42(35-43)58-37-59(51-28-15-14-27-50(51)58)55-48(38-17-6-4-7-18-38)33-40-21-10-11-24-45(40)54(55)39-19-8-5-9-20-39;/h4-9,12-20,22-23,25-34,37H,10-11,21,24H2,1-3H3;/q-3;. The summed E-state index contributed by atoms with van der Waals surface area (Å²) in [6.07, 6.45) is 6.48.